The molecule has 0 spiro atoms. The summed E-state index contributed by atoms with van der Waals surface area (Å²) < 4.78 is 45.2. The zero-order chi connectivity index (χ0) is 22.7. The second-order valence-corrected chi connectivity index (χ2v) is 7.49. The Morgan fingerprint density at radius 1 is 1.25 bits per heavy atom. The van der Waals surface area contributed by atoms with Crippen LogP contribution in [0.15, 0.2) is 53.6 Å². The Morgan fingerprint density at radius 2 is 2.09 bits per heavy atom. The van der Waals surface area contributed by atoms with Gasteiger partial charge in [-0.2, -0.15) is 18.3 Å². The van der Waals surface area contributed by atoms with Crippen LogP contribution in [-0.2, 0) is 24.1 Å². The predicted octanol–water partition coefficient (Wildman–Crippen LogP) is 2.58. The van der Waals surface area contributed by atoms with E-state index in [1.807, 2.05) is 0 Å². The Bertz CT molecular complexity index is 1160. The van der Waals surface area contributed by atoms with Crippen molar-refractivity contribution in [3.05, 3.63) is 76.2 Å². The van der Waals surface area contributed by atoms with Gasteiger partial charge in [-0.25, -0.2) is 9.78 Å². The van der Waals surface area contributed by atoms with Crippen molar-refractivity contribution in [3.8, 4) is 5.75 Å². The minimum atomic E-state index is -4.43. The normalized spacial score (nSPS) is 16.3. The number of H-pyrrole nitrogens is 1. The first-order valence-corrected chi connectivity index (χ1v) is 9.93. The van der Waals surface area contributed by atoms with Gasteiger partial charge in [0.2, 0.25) is 5.91 Å². The molecule has 32 heavy (non-hydrogen) atoms. The number of halogens is 3. The highest BCUT2D eigenvalue weighted by atomic mass is 19.4. The Morgan fingerprint density at radius 3 is 2.88 bits per heavy atom. The molecule has 3 aromatic rings. The lowest BCUT2D eigenvalue weighted by Crippen LogP contribution is -2.35. The third-order valence-corrected chi connectivity index (χ3v) is 5.25. The summed E-state index contributed by atoms with van der Waals surface area (Å²) in [5.41, 5.74) is 0.115. The van der Waals surface area contributed by atoms with Crippen LogP contribution in [-0.4, -0.2) is 43.6 Å². The van der Waals surface area contributed by atoms with Crippen molar-refractivity contribution >= 4 is 5.91 Å². The van der Waals surface area contributed by atoms with E-state index in [0.717, 1.165) is 17.8 Å². The van der Waals surface area contributed by atoms with Crippen molar-refractivity contribution in [2.75, 3.05) is 13.1 Å². The van der Waals surface area contributed by atoms with Gasteiger partial charge in [-0.15, -0.1) is 0 Å². The largest absolute Gasteiger partial charge is 0.487 e. The molecule has 0 unspecified atom stereocenters. The number of amides is 1. The number of hydrogen-bond acceptors (Lipinski definition) is 5. The number of aromatic nitrogens is 4. The summed E-state index contributed by atoms with van der Waals surface area (Å²) in [6, 6.07) is 8.07. The zero-order valence-electron chi connectivity index (χ0n) is 16.9. The summed E-state index contributed by atoms with van der Waals surface area (Å²) in [5.74, 6) is -0.0476. The summed E-state index contributed by atoms with van der Waals surface area (Å²) in [6.45, 7) is 0.970. The van der Waals surface area contributed by atoms with Crippen LogP contribution in [0.3, 0.4) is 0 Å². The van der Waals surface area contributed by atoms with E-state index in [2.05, 4.69) is 15.2 Å². The molecule has 1 saturated heterocycles. The SMILES string of the molecule is O=C(Cn1cccnc1=O)N1CC[C@H](c2cc(COc3cccc(C(F)(F)F)c3)[nH]n2)C1. The smallest absolute Gasteiger partial charge is 0.416 e. The molecule has 1 aliphatic heterocycles. The van der Waals surface area contributed by atoms with Gasteiger partial charge < -0.3 is 9.64 Å². The first-order chi connectivity index (χ1) is 15.3. The molecule has 1 aliphatic rings. The Balaban J connectivity index is 1.33. The van der Waals surface area contributed by atoms with Gasteiger partial charge in [0.25, 0.3) is 0 Å². The average Bonchev–Trinajstić information content (AvgIpc) is 3.43. The van der Waals surface area contributed by atoms with E-state index in [1.54, 1.807) is 17.0 Å². The Hall–Kier alpha value is -3.63. The summed E-state index contributed by atoms with van der Waals surface area (Å²) >= 11 is 0. The van der Waals surface area contributed by atoms with Crippen LogP contribution < -0.4 is 10.4 Å². The van der Waals surface area contributed by atoms with Gasteiger partial charge in [0, 0.05) is 31.4 Å². The Labute approximate surface area is 180 Å². The minimum absolute atomic E-state index is 0.0168. The van der Waals surface area contributed by atoms with E-state index in [9.17, 15) is 22.8 Å². The van der Waals surface area contributed by atoms with E-state index in [1.165, 1.54) is 29.1 Å². The first-order valence-electron chi connectivity index (χ1n) is 9.93. The molecule has 0 bridgehead atoms. The van der Waals surface area contributed by atoms with E-state index in [0.29, 0.717) is 25.2 Å². The van der Waals surface area contributed by atoms with Crippen LogP contribution in [0.5, 0.6) is 5.75 Å². The fourth-order valence-electron chi connectivity index (χ4n) is 3.57. The highest BCUT2D eigenvalue weighted by Gasteiger charge is 2.31. The minimum Gasteiger partial charge on any atom is -0.487 e. The first kappa shape index (κ1) is 21.6. The topological polar surface area (TPSA) is 93.1 Å². The molecule has 11 heteroatoms. The van der Waals surface area contributed by atoms with Gasteiger partial charge in [-0.1, -0.05) is 6.07 Å². The third-order valence-electron chi connectivity index (χ3n) is 5.25. The van der Waals surface area contributed by atoms with Gasteiger partial charge in [-0.3, -0.25) is 14.5 Å². The number of likely N-dealkylation sites (tertiary alicyclic amines) is 1. The van der Waals surface area contributed by atoms with Crippen LogP contribution >= 0.6 is 0 Å². The standard InChI is InChI=1S/C21H20F3N5O3/c22-21(23,24)15-3-1-4-17(9-15)32-13-16-10-18(27-26-16)14-5-8-28(11-14)19(30)12-29-7-2-6-25-20(29)31/h1-4,6-7,9-10,14H,5,8,11-13H2,(H,26,27)/t14-/m0/s1. The van der Waals surface area contributed by atoms with Gasteiger partial charge in [0.05, 0.1) is 17.0 Å². The van der Waals surface area contributed by atoms with Crippen molar-refractivity contribution in [2.24, 2.45) is 0 Å². The zero-order valence-corrected chi connectivity index (χ0v) is 16.9. The van der Waals surface area contributed by atoms with Crippen molar-refractivity contribution < 1.29 is 22.7 Å². The van der Waals surface area contributed by atoms with Crippen molar-refractivity contribution in [2.45, 2.75) is 31.7 Å². The molecule has 0 radical (unpaired) electrons. The second-order valence-electron chi connectivity index (χ2n) is 7.49. The van der Waals surface area contributed by atoms with E-state index < -0.39 is 17.4 Å². The number of benzene rings is 1. The molecule has 1 aromatic carbocycles. The van der Waals surface area contributed by atoms with Crippen LogP contribution in [0.1, 0.15) is 29.3 Å². The summed E-state index contributed by atoms with van der Waals surface area (Å²) in [4.78, 5) is 29.5. The number of carbonyl (C=O) groups is 1. The Kier molecular flexibility index (Phi) is 5.97. The fraction of sp³-hybridized carbons (Fsp3) is 0.333. The summed E-state index contributed by atoms with van der Waals surface area (Å²) in [6.07, 6.45) is -0.824. The summed E-state index contributed by atoms with van der Waals surface area (Å²) in [7, 11) is 0. The number of hydrogen-bond donors (Lipinski definition) is 1. The fourth-order valence-corrected chi connectivity index (χ4v) is 3.57. The molecule has 3 heterocycles. The van der Waals surface area contributed by atoms with Crippen LogP contribution in [0, 0.1) is 0 Å². The molecule has 0 aliphatic carbocycles. The molecular formula is C21H20F3N5O3. The van der Waals surface area contributed by atoms with Gasteiger partial charge >= 0.3 is 11.9 Å². The molecule has 1 atom stereocenters. The number of carbonyl (C=O) groups excluding carboxylic acids is 1. The summed E-state index contributed by atoms with van der Waals surface area (Å²) in [5, 5.41) is 7.11. The van der Waals surface area contributed by atoms with E-state index in [-0.39, 0.29) is 30.7 Å². The maximum Gasteiger partial charge on any atom is 0.416 e. The van der Waals surface area contributed by atoms with Gasteiger partial charge in [-0.05, 0) is 36.8 Å². The van der Waals surface area contributed by atoms with Crippen LogP contribution in [0.2, 0.25) is 0 Å². The lowest BCUT2D eigenvalue weighted by atomic mass is 10.1. The number of nitrogens with zero attached hydrogens (tertiary/aromatic N) is 4. The number of alkyl halides is 3. The van der Waals surface area contributed by atoms with Crippen molar-refractivity contribution in [1.29, 1.82) is 0 Å². The molecule has 168 valence electrons. The maximum absolute atomic E-state index is 12.8. The van der Waals surface area contributed by atoms with Gasteiger partial charge in [0.1, 0.15) is 18.9 Å². The molecule has 1 amide bonds. The molecule has 1 fully saturated rings. The van der Waals surface area contributed by atoms with Crippen molar-refractivity contribution in [3.63, 3.8) is 0 Å². The molecule has 4 rings (SSSR count). The monoisotopic (exact) mass is 447 g/mol. The average molecular weight is 447 g/mol. The third kappa shape index (κ3) is 4.98. The number of ether oxygens (including phenoxy) is 1. The highest BCUT2D eigenvalue weighted by Crippen LogP contribution is 2.31. The van der Waals surface area contributed by atoms with E-state index >= 15 is 0 Å². The number of rotatable bonds is 6. The molecular weight excluding hydrogens is 427 g/mol. The van der Waals surface area contributed by atoms with Crippen molar-refractivity contribution in [1.82, 2.24) is 24.6 Å². The second kappa shape index (κ2) is 8.85. The highest BCUT2D eigenvalue weighted by molar-refractivity contribution is 5.76. The van der Waals surface area contributed by atoms with E-state index in [4.69, 9.17) is 4.74 Å². The molecule has 8 nitrogen and oxygen atoms in total. The quantitative estimate of drug-likeness (QED) is 0.627. The molecule has 1 N–H and O–H groups in total. The number of nitrogens with one attached hydrogen (secondary N) is 1. The van der Waals surface area contributed by atoms with Crippen LogP contribution in [0.4, 0.5) is 13.2 Å². The maximum atomic E-state index is 12.8. The lowest BCUT2D eigenvalue weighted by molar-refractivity contribution is -0.137. The molecule has 2 aromatic heterocycles. The van der Waals surface area contributed by atoms with Gasteiger partial charge in [0.15, 0.2) is 0 Å². The lowest BCUT2D eigenvalue weighted by Gasteiger charge is -2.16. The number of aromatic amines is 1. The predicted molar refractivity (Wildman–Crippen MR) is 107 cm³/mol. The molecule has 0 saturated carbocycles. The van der Waals surface area contributed by atoms with Crippen LogP contribution in [0.25, 0.3) is 0 Å².